The molecule has 0 unspecified atom stereocenters. The zero-order chi connectivity index (χ0) is 18.0. The van der Waals surface area contributed by atoms with Crippen molar-refractivity contribution in [2.45, 2.75) is 16.8 Å². The first-order chi connectivity index (χ1) is 11.8. The van der Waals surface area contributed by atoms with Gasteiger partial charge in [-0.2, -0.15) is 18.2 Å². The fourth-order valence-corrected chi connectivity index (χ4v) is 2.71. The molecule has 0 bridgehead atoms. The van der Waals surface area contributed by atoms with E-state index in [2.05, 4.69) is 10.1 Å². The molecule has 3 nitrogen and oxygen atoms in total. The molecule has 9 heteroatoms. The zero-order valence-electron chi connectivity index (χ0n) is 12.3. The molecule has 0 aliphatic carbocycles. The summed E-state index contributed by atoms with van der Waals surface area (Å²) < 4.78 is 68.6. The molecule has 3 aromatic rings. The maximum atomic E-state index is 13.1. The summed E-state index contributed by atoms with van der Waals surface area (Å²) in [6.45, 7) is 0. The highest BCUT2D eigenvalue weighted by molar-refractivity contribution is 7.98. The van der Waals surface area contributed by atoms with Crippen LogP contribution in [0.4, 0.5) is 22.0 Å². The van der Waals surface area contributed by atoms with Gasteiger partial charge in [0.2, 0.25) is 11.7 Å². The van der Waals surface area contributed by atoms with Crippen molar-refractivity contribution in [1.82, 2.24) is 10.1 Å². The molecule has 1 heterocycles. The Morgan fingerprint density at radius 2 is 1.68 bits per heavy atom. The predicted molar refractivity (Wildman–Crippen MR) is 80.7 cm³/mol. The summed E-state index contributed by atoms with van der Waals surface area (Å²) in [4.78, 5) is 4.56. The number of benzene rings is 2. The Bertz CT molecular complexity index is 877. The van der Waals surface area contributed by atoms with Gasteiger partial charge in [0.15, 0.2) is 11.6 Å². The lowest BCUT2D eigenvalue weighted by molar-refractivity contribution is -0.137. The number of hydrogen-bond donors (Lipinski definition) is 0. The highest BCUT2D eigenvalue weighted by Crippen LogP contribution is 2.30. The number of nitrogens with zero attached hydrogens (tertiary/aromatic N) is 2. The highest BCUT2D eigenvalue weighted by Gasteiger charge is 2.30. The molecule has 0 saturated heterocycles. The third kappa shape index (κ3) is 4.16. The molecule has 0 amide bonds. The molecule has 3 rings (SSSR count). The number of alkyl halides is 3. The minimum Gasteiger partial charge on any atom is -0.338 e. The Labute approximate surface area is 142 Å². The van der Waals surface area contributed by atoms with Gasteiger partial charge in [0, 0.05) is 10.5 Å². The largest absolute Gasteiger partial charge is 0.416 e. The maximum Gasteiger partial charge on any atom is 0.416 e. The second-order valence-corrected chi connectivity index (χ2v) is 6.00. The molecule has 0 aliphatic heterocycles. The first-order valence-corrected chi connectivity index (χ1v) is 7.89. The van der Waals surface area contributed by atoms with Crippen LogP contribution in [-0.4, -0.2) is 10.1 Å². The minimum atomic E-state index is -4.41. The molecule has 0 aliphatic rings. The Morgan fingerprint density at radius 3 is 2.32 bits per heavy atom. The van der Waals surface area contributed by atoms with E-state index < -0.39 is 23.4 Å². The Balaban J connectivity index is 1.68. The second-order valence-electron chi connectivity index (χ2n) is 4.95. The lowest BCUT2D eigenvalue weighted by Crippen LogP contribution is -2.04. The number of thioether (sulfide) groups is 1. The van der Waals surface area contributed by atoms with Gasteiger partial charge < -0.3 is 4.52 Å². The van der Waals surface area contributed by atoms with Gasteiger partial charge in [-0.15, -0.1) is 11.8 Å². The van der Waals surface area contributed by atoms with Crippen LogP contribution in [0.15, 0.2) is 51.9 Å². The molecular formula is C16H9F5N2OS. The van der Waals surface area contributed by atoms with E-state index in [-0.39, 0.29) is 17.5 Å². The van der Waals surface area contributed by atoms with Crippen LogP contribution < -0.4 is 0 Å². The molecule has 1 aromatic heterocycles. The third-order valence-corrected chi connectivity index (χ3v) is 4.17. The van der Waals surface area contributed by atoms with Gasteiger partial charge in [-0.3, -0.25) is 0 Å². The first-order valence-electron chi connectivity index (χ1n) is 6.91. The summed E-state index contributed by atoms with van der Waals surface area (Å²) in [5, 5.41) is 3.71. The SMILES string of the molecule is Fc1ccc(SCc2nc(-c3ccc(C(F)(F)F)cc3)no2)cc1F. The van der Waals surface area contributed by atoms with Crippen LogP contribution in [0.25, 0.3) is 11.4 Å². The van der Waals surface area contributed by atoms with E-state index in [0.29, 0.717) is 10.5 Å². The summed E-state index contributed by atoms with van der Waals surface area (Å²) in [5.41, 5.74) is -0.394. The number of halogens is 5. The zero-order valence-corrected chi connectivity index (χ0v) is 13.2. The van der Waals surface area contributed by atoms with Crippen molar-refractivity contribution in [2.75, 3.05) is 0 Å². The van der Waals surface area contributed by atoms with Crippen molar-refractivity contribution in [3.63, 3.8) is 0 Å². The van der Waals surface area contributed by atoms with E-state index in [1.165, 1.54) is 18.2 Å². The van der Waals surface area contributed by atoms with Gasteiger partial charge in [-0.1, -0.05) is 17.3 Å². The van der Waals surface area contributed by atoms with Gasteiger partial charge in [0.1, 0.15) is 0 Å². The topological polar surface area (TPSA) is 38.9 Å². The minimum absolute atomic E-state index is 0.148. The molecule has 0 atom stereocenters. The van der Waals surface area contributed by atoms with Crippen LogP contribution in [0, 0.1) is 11.6 Å². The third-order valence-electron chi connectivity index (χ3n) is 3.19. The molecule has 25 heavy (non-hydrogen) atoms. The lowest BCUT2D eigenvalue weighted by Gasteiger charge is -2.05. The quantitative estimate of drug-likeness (QED) is 0.459. The smallest absolute Gasteiger partial charge is 0.338 e. The average Bonchev–Trinajstić information content (AvgIpc) is 3.04. The first kappa shape index (κ1) is 17.4. The summed E-state index contributed by atoms with van der Waals surface area (Å²) in [7, 11) is 0. The van der Waals surface area contributed by atoms with Crippen molar-refractivity contribution in [3.8, 4) is 11.4 Å². The fourth-order valence-electron chi connectivity index (χ4n) is 1.95. The molecule has 0 spiro atoms. The van der Waals surface area contributed by atoms with Gasteiger partial charge >= 0.3 is 6.18 Å². The lowest BCUT2D eigenvalue weighted by atomic mass is 10.1. The van der Waals surface area contributed by atoms with Crippen LogP contribution in [0.2, 0.25) is 0 Å². The van der Waals surface area contributed by atoms with Crippen molar-refractivity contribution in [2.24, 2.45) is 0 Å². The van der Waals surface area contributed by atoms with E-state index in [0.717, 1.165) is 36.0 Å². The Morgan fingerprint density at radius 1 is 0.960 bits per heavy atom. The second kappa shape index (κ2) is 6.83. The van der Waals surface area contributed by atoms with E-state index in [1.807, 2.05) is 0 Å². The van der Waals surface area contributed by atoms with E-state index in [1.54, 1.807) is 0 Å². The molecule has 0 N–H and O–H groups in total. The van der Waals surface area contributed by atoms with Crippen molar-refractivity contribution in [3.05, 3.63) is 65.6 Å². The fraction of sp³-hybridized carbons (Fsp3) is 0.125. The van der Waals surface area contributed by atoms with Crippen molar-refractivity contribution >= 4 is 11.8 Å². The standard InChI is InChI=1S/C16H9F5N2OS/c17-12-6-5-11(7-13(12)18)25-8-14-22-15(23-24-14)9-1-3-10(4-2-9)16(19,20)21/h1-7H,8H2. The monoisotopic (exact) mass is 372 g/mol. The summed E-state index contributed by atoms with van der Waals surface area (Å²) in [6, 6.07) is 7.84. The van der Waals surface area contributed by atoms with Crippen LogP contribution in [0.1, 0.15) is 11.5 Å². The Hall–Kier alpha value is -2.42. The molecule has 0 saturated carbocycles. The maximum absolute atomic E-state index is 13.1. The summed E-state index contributed by atoms with van der Waals surface area (Å²) in [5.74, 6) is -1.33. The van der Waals surface area contributed by atoms with Crippen LogP contribution in [-0.2, 0) is 11.9 Å². The van der Waals surface area contributed by atoms with Gasteiger partial charge in [0.05, 0.1) is 11.3 Å². The Kier molecular flexibility index (Phi) is 4.76. The van der Waals surface area contributed by atoms with Crippen molar-refractivity contribution in [1.29, 1.82) is 0 Å². The van der Waals surface area contributed by atoms with E-state index >= 15 is 0 Å². The van der Waals surface area contributed by atoms with Gasteiger partial charge in [0.25, 0.3) is 0 Å². The normalized spacial score (nSPS) is 11.7. The predicted octanol–water partition coefficient (Wildman–Crippen LogP) is 5.33. The van der Waals surface area contributed by atoms with Gasteiger partial charge in [-0.25, -0.2) is 8.78 Å². The van der Waals surface area contributed by atoms with Crippen LogP contribution >= 0.6 is 11.8 Å². The van der Waals surface area contributed by atoms with E-state index in [4.69, 9.17) is 4.52 Å². The highest BCUT2D eigenvalue weighted by atomic mass is 32.2. The number of hydrogen-bond acceptors (Lipinski definition) is 4. The van der Waals surface area contributed by atoms with Crippen LogP contribution in [0.3, 0.4) is 0 Å². The molecule has 130 valence electrons. The molecule has 2 aromatic carbocycles. The number of aromatic nitrogens is 2. The molecule has 0 radical (unpaired) electrons. The van der Waals surface area contributed by atoms with Gasteiger partial charge in [-0.05, 0) is 30.3 Å². The van der Waals surface area contributed by atoms with Crippen molar-refractivity contribution < 1.29 is 26.5 Å². The summed E-state index contributed by atoms with van der Waals surface area (Å²) in [6.07, 6.45) is -4.41. The van der Waals surface area contributed by atoms with E-state index in [9.17, 15) is 22.0 Å². The molecule has 0 fully saturated rings. The average molecular weight is 372 g/mol. The summed E-state index contributed by atoms with van der Waals surface area (Å²) >= 11 is 1.16. The van der Waals surface area contributed by atoms with Crippen LogP contribution in [0.5, 0.6) is 0 Å². The molecular weight excluding hydrogens is 363 g/mol. The number of rotatable bonds is 4.